The first kappa shape index (κ1) is 16.8. The molecule has 1 aromatic rings. The van der Waals surface area contributed by atoms with E-state index in [0.717, 1.165) is 11.8 Å². The molecule has 0 unspecified atom stereocenters. The van der Waals surface area contributed by atoms with Crippen LogP contribution >= 0.6 is 11.6 Å². The number of nitrogens with one attached hydrogen (secondary N) is 1. The average molecular weight is 320 g/mol. The van der Waals surface area contributed by atoms with E-state index >= 15 is 0 Å². The average Bonchev–Trinajstić information content (AvgIpc) is 2.31. The van der Waals surface area contributed by atoms with Crippen LogP contribution in [0.25, 0.3) is 0 Å². The molecule has 0 spiro atoms. The number of amides is 1. The van der Waals surface area contributed by atoms with Gasteiger partial charge in [-0.3, -0.25) is 4.79 Å². The summed E-state index contributed by atoms with van der Waals surface area (Å²) in [6.07, 6.45) is 1.58. The van der Waals surface area contributed by atoms with Crippen LogP contribution in [0.2, 0.25) is 5.02 Å². The molecule has 1 amide bonds. The van der Waals surface area contributed by atoms with Gasteiger partial charge in [0.05, 0.1) is 18.6 Å². The highest BCUT2D eigenvalue weighted by Crippen LogP contribution is 2.31. The maximum atomic E-state index is 11.8. The van der Waals surface area contributed by atoms with E-state index in [4.69, 9.17) is 16.3 Å². The summed E-state index contributed by atoms with van der Waals surface area (Å²) in [6.45, 7) is 1.82. The normalized spacial score (nSPS) is 11.2. The molecular formula is C13H18ClNO4S. The second kappa shape index (κ2) is 6.95. The number of ether oxygens (including phenoxy) is 1. The molecule has 0 atom stereocenters. The van der Waals surface area contributed by atoms with Crippen LogP contribution in [-0.2, 0) is 14.6 Å². The molecule has 112 valence electrons. The molecule has 20 heavy (non-hydrogen) atoms. The molecule has 0 saturated carbocycles. The van der Waals surface area contributed by atoms with E-state index in [1.54, 1.807) is 12.1 Å². The highest BCUT2D eigenvalue weighted by atomic mass is 35.5. The molecular weight excluding hydrogens is 302 g/mol. The number of hydrogen-bond donors (Lipinski definition) is 1. The molecule has 0 fully saturated rings. The molecule has 0 heterocycles. The van der Waals surface area contributed by atoms with Gasteiger partial charge in [-0.1, -0.05) is 11.6 Å². The number of carbonyl (C=O) groups is 1. The maximum absolute atomic E-state index is 11.8. The minimum Gasteiger partial charge on any atom is -0.495 e. The van der Waals surface area contributed by atoms with Gasteiger partial charge in [-0.15, -0.1) is 0 Å². The number of rotatable bonds is 6. The van der Waals surface area contributed by atoms with Gasteiger partial charge in [0.15, 0.2) is 0 Å². The van der Waals surface area contributed by atoms with Crippen LogP contribution in [-0.4, -0.2) is 33.4 Å². The lowest BCUT2D eigenvalue weighted by Crippen LogP contribution is -2.14. The van der Waals surface area contributed by atoms with Gasteiger partial charge in [-0.25, -0.2) is 8.42 Å². The van der Waals surface area contributed by atoms with E-state index in [9.17, 15) is 13.2 Å². The van der Waals surface area contributed by atoms with Gasteiger partial charge in [0, 0.05) is 23.8 Å². The number of carbonyl (C=O) groups excluding carboxylic acids is 1. The molecule has 1 aromatic carbocycles. The molecule has 1 N–H and O–H groups in total. The zero-order valence-electron chi connectivity index (χ0n) is 11.7. The highest BCUT2D eigenvalue weighted by molar-refractivity contribution is 7.90. The van der Waals surface area contributed by atoms with Gasteiger partial charge in [-0.2, -0.15) is 0 Å². The van der Waals surface area contributed by atoms with Crippen molar-refractivity contribution in [2.24, 2.45) is 0 Å². The summed E-state index contributed by atoms with van der Waals surface area (Å²) < 4.78 is 27.1. The summed E-state index contributed by atoms with van der Waals surface area (Å²) in [5, 5.41) is 3.25. The van der Waals surface area contributed by atoms with Crippen molar-refractivity contribution < 1.29 is 17.9 Å². The van der Waals surface area contributed by atoms with E-state index in [1.165, 1.54) is 7.11 Å². The van der Waals surface area contributed by atoms with Crippen LogP contribution in [0.1, 0.15) is 18.4 Å². The smallest absolute Gasteiger partial charge is 0.224 e. The van der Waals surface area contributed by atoms with Gasteiger partial charge in [0.1, 0.15) is 15.6 Å². The first-order valence-electron chi connectivity index (χ1n) is 6.04. The van der Waals surface area contributed by atoms with E-state index in [0.29, 0.717) is 22.9 Å². The van der Waals surface area contributed by atoms with Gasteiger partial charge >= 0.3 is 0 Å². The Morgan fingerprint density at radius 1 is 1.40 bits per heavy atom. The predicted octanol–water partition coefficient (Wildman–Crippen LogP) is 2.42. The lowest BCUT2D eigenvalue weighted by atomic mass is 10.2. The van der Waals surface area contributed by atoms with Gasteiger partial charge in [0.25, 0.3) is 0 Å². The minimum absolute atomic E-state index is 0.00278. The number of methoxy groups -OCH3 is 1. The molecule has 0 aromatic heterocycles. The first-order chi connectivity index (χ1) is 9.23. The molecule has 0 radical (unpaired) electrons. The molecule has 0 saturated heterocycles. The van der Waals surface area contributed by atoms with Crippen molar-refractivity contribution in [3.8, 4) is 5.75 Å². The summed E-state index contributed by atoms with van der Waals surface area (Å²) in [4.78, 5) is 11.8. The Labute approximate surface area is 124 Å². The zero-order valence-corrected chi connectivity index (χ0v) is 13.3. The fraction of sp³-hybridized carbons (Fsp3) is 0.462. The van der Waals surface area contributed by atoms with Crippen molar-refractivity contribution in [3.05, 3.63) is 22.7 Å². The number of benzene rings is 1. The van der Waals surface area contributed by atoms with Crippen molar-refractivity contribution in [2.75, 3.05) is 24.4 Å². The Balaban J connectivity index is 2.68. The third kappa shape index (κ3) is 5.38. The van der Waals surface area contributed by atoms with Crippen molar-refractivity contribution in [1.29, 1.82) is 0 Å². The summed E-state index contributed by atoms with van der Waals surface area (Å²) in [6, 6.07) is 3.35. The third-order valence-corrected chi connectivity index (χ3v) is 4.11. The largest absolute Gasteiger partial charge is 0.495 e. The quantitative estimate of drug-likeness (QED) is 0.874. The summed E-state index contributed by atoms with van der Waals surface area (Å²) in [5.74, 6) is 0.211. The number of sulfone groups is 1. The standard InChI is InChI=1S/C13H18ClNO4S/c1-9-7-11(12(19-2)8-10(9)14)15-13(16)5-4-6-20(3,17)18/h7-8H,4-6H2,1-3H3,(H,15,16). The Hall–Kier alpha value is -1.27. The van der Waals surface area contributed by atoms with Gasteiger partial charge in [0.2, 0.25) is 5.91 Å². The van der Waals surface area contributed by atoms with Gasteiger partial charge < -0.3 is 10.1 Å². The van der Waals surface area contributed by atoms with Crippen LogP contribution in [0, 0.1) is 6.92 Å². The molecule has 5 nitrogen and oxygen atoms in total. The molecule has 0 bridgehead atoms. The topological polar surface area (TPSA) is 72.5 Å². The van der Waals surface area contributed by atoms with Crippen LogP contribution < -0.4 is 10.1 Å². The zero-order chi connectivity index (χ0) is 15.3. The van der Waals surface area contributed by atoms with Crippen molar-refractivity contribution >= 4 is 33.0 Å². The van der Waals surface area contributed by atoms with Crippen LogP contribution in [0.4, 0.5) is 5.69 Å². The predicted molar refractivity (Wildman–Crippen MR) is 80.3 cm³/mol. The Morgan fingerprint density at radius 2 is 2.05 bits per heavy atom. The highest BCUT2D eigenvalue weighted by Gasteiger charge is 2.11. The molecule has 0 aliphatic heterocycles. The SMILES string of the molecule is COc1cc(Cl)c(C)cc1NC(=O)CCCS(C)(=O)=O. The summed E-state index contributed by atoms with van der Waals surface area (Å²) >= 11 is 5.98. The lowest BCUT2D eigenvalue weighted by Gasteiger charge is -2.12. The molecule has 7 heteroatoms. The summed E-state index contributed by atoms with van der Waals surface area (Å²) in [5.41, 5.74) is 1.35. The van der Waals surface area contributed by atoms with E-state index in [2.05, 4.69) is 5.32 Å². The van der Waals surface area contributed by atoms with E-state index in [-0.39, 0.29) is 18.1 Å². The van der Waals surface area contributed by atoms with E-state index < -0.39 is 9.84 Å². The fourth-order valence-electron chi connectivity index (χ4n) is 1.64. The number of aryl methyl sites for hydroxylation is 1. The van der Waals surface area contributed by atoms with Gasteiger partial charge in [-0.05, 0) is 25.0 Å². The number of anilines is 1. The van der Waals surface area contributed by atoms with Crippen molar-refractivity contribution in [2.45, 2.75) is 19.8 Å². The minimum atomic E-state index is -3.04. The first-order valence-corrected chi connectivity index (χ1v) is 8.48. The molecule has 0 aliphatic rings. The third-order valence-electron chi connectivity index (χ3n) is 2.67. The van der Waals surface area contributed by atoms with Crippen LogP contribution in [0.3, 0.4) is 0 Å². The Kier molecular flexibility index (Phi) is 5.83. The molecule has 0 aliphatic carbocycles. The second-order valence-electron chi connectivity index (χ2n) is 4.58. The molecule has 1 rings (SSSR count). The summed E-state index contributed by atoms with van der Waals surface area (Å²) in [7, 11) is -1.55. The monoisotopic (exact) mass is 319 g/mol. The van der Waals surface area contributed by atoms with Crippen LogP contribution in [0.15, 0.2) is 12.1 Å². The van der Waals surface area contributed by atoms with E-state index in [1.807, 2.05) is 6.92 Å². The van der Waals surface area contributed by atoms with Crippen molar-refractivity contribution in [3.63, 3.8) is 0 Å². The number of halogens is 1. The Bertz CT molecular complexity index is 599. The van der Waals surface area contributed by atoms with Crippen LogP contribution in [0.5, 0.6) is 5.75 Å². The number of hydrogen-bond acceptors (Lipinski definition) is 4. The fourth-order valence-corrected chi connectivity index (χ4v) is 2.46. The Morgan fingerprint density at radius 3 is 2.60 bits per heavy atom. The maximum Gasteiger partial charge on any atom is 0.224 e. The lowest BCUT2D eigenvalue weighted by molar-refractivity contribution is -0.116. The van der Waals surface area contributed by atoms with Crippen molar-refractivity contribution in [1.82, 2.24) is 0 Å². The second-order valence-corrected chi connectivity index (χ2v) is 7.25.